The van der Waals surface area contributed by atoms with E-state index in [2.05, 4.69) is 31.0 Å². The number of piperidine rings is 1. The maximum Gasteiger partial charge on any atom is 0.224 e. The van der Waals surface area contributed by atoms with Crippen LogP contribution in [-0.4, -0.2) is 60.9 Å². The fourth-order valence-corrected chi connectivity index (χ4v) is 4.11. The third-order valence-corrected chi connectivity index (χ3v) is 5.31. The van der Waals surface area contributed by atoms with Gasteiger partial charge >= 0.3 is 0 Å². The van der Waals surface area contributed by atoms with Gasteiger partial charge in [-0.1, -0.05) is 20.3 Å². The van der Waals surface area contributed by atoms with Crippen molar-refractivity contribution in [3.8, 4) is 0 Å². The number of likely N-dealkylation sites (tertiary alicyclic amines) is 2. The monoisotopic (exact) mass is 336 g/mol. The van der Waals surface area contributed by atoms with E-state index < -0.39 is 0 Å². The van der Waals surface area contributed by atoms with Crippen molar-refractivity contribution in [2.45, 2.75) is 65.7 Å². The lowest BCUT2D eigenvalue weighted by Gasteiger charge is -2.42. The molecule has 1 unspecified atom stereocenters. The molecule has 0 aromatic heterocycles. The van der Waals surface area contributed by atoms with Crippen molar-refractivity contribution >= 4 is 11.9 Å². The minimum absolute atomic E-state index is 0.265. The Labute approximate surface area is 147 Å². The summed E-state index contributed by atoms with van der Waals surface area (Å²) in [7, 11) is 0. The molecule has 24 heavy (non-hydrogen) atoms. The average molecular weight is 337 g/mol. The molecule has 0 bridgehead atoms. The molecule has 5 heteroatoms. The highest BCUT2D eigenvalue weighted by atomic mass is 16.2. The van der Waals surface area contributed by atoms with Crippen molar-refractivity contribution in [1.29, 1.82) is 0 Å². The van der Waals surface area contributed by atoms with Gasteiger partial charge < -0.3 is 15.1 Å². The van der Waals surface area contributed by atoms with Crippen molar-refractivity contribution in [2.24, 2.45) is 10.4 Å². The van der Waals surface area contributed by atoms with E-state index >= 15 is 0 Å². The fraction of sp³-hybridized carbons (Fsp3) is 0.895. The average Bonchev–Trinajstić information content (AvgIpc) is 3.08. The van der Waals surface area contributed by atoms with Crippen LogP contribution in [-0.2, 0) is 4.79 Å². The van der Waals surface area contributed by atoms with E-state index in [1.54, 1.807) is 0 Å². The molecular weight excluding hydrogens is 300 g/mol. The first-order valence-corrected chi connectivity index (χ1v) is 9.89. The van der Waals surface area contributed by atoms with Gasteiger partial charge in [0.25, 0.3) is 0 Å². The summed E-state index contributed by atoms with van der Waals surface area (Å²) in [5.74, 6) is 1.26. The van der Waals surface area contributed by atoms with E-state index in [1.165, 1.54) is 25.7 Å². The molecule has 2 fully saturated rings. The van der Waals surface area contributed by atoms with Gasteiger partial charge in [-0.2, -0.15) is 0 Å². The first-order valence-electron chi connectivity index (χ1n) is 9.89. The standard InChI is InChI=1S/C19H36N4O/c1-4-10-19(3)11-8-15-23(16-19)18(20-5-2)21-12-9-17(24)22-13-6-7-14-22/h4-16H2,1-3H3,(H,20,21). The molecule has 0 aromatic carbocycles. The second-order valence-electron chi connectivity index (χ2n) is 7.66. The molecule has 0 saturated carbocycles. The number of rotatable bonds is 6. The summed E-state index contributed by atoms with van der Waals surface area (Å²) in [6.07, 6.45) is 7.90. The highest BCUT2D eigenvalue weighted by Crippen LogP contribution is 2.33. The third kappa shape index (κ3) is 5.38. The number of nitrogens with one attached hydrogen (secondary N) is 1. The van der Waals surface area contributed by atoms with E-state index in [4.69, 9.17) is 4.99 Å². The minimum atomic E-state index is 0.265. The van der Waals surface area contributed by atoms with Gasteiger partial charge in [-0.15, -0.1) is 0 Å². The summed E-state index contributed by atoms with van der Waals surface area (Å²) in [5, 5.41) is 3.43. The fourth-order valence-electron chi connectivity index (χ4n) is 4.11. The third-order valence-electron chi connectivity index (χ3n) is 5.31. The number of carbonyl (C=O) groups is 1. The molecule has 0 aromatic rings. The van der Waals surface area contributed by atoms with Crippen LogP contribution in [0, 0.1) is 5.41 Å². The number of hydrogen-bond acceptors (Lipinski definition) is 2. The van der Waals surface area contributed by atoms with Gasteiger partial charge in [0.1, 0.15) is 0 Å². The topological polar surface area (TPSA) is 47.9 Å². The molecule has 1 N–H and O–H groups in total. The van der Waals surface area contributed by atoms with Gasteiger partial charge in [0.15, 0.2) is 5.96 Å². The Bertz CT molecular complexity index is 427. The number of hydrogen-bond donors (Lipinski definition) is 1. The minimum Gasteiger partial charge on any atom is -0.357 e. The van der Waals surface area contributed by atoms with Crippen LogP contribution < -0.4 is 5.32 Å². The zero-order valence-electron chi connectivity index (χ0n) is 15.9. The van der Waals surface area contributed by atoms with E-state index in [-0.39, 0.29) is 5.91 Å². The number of amides is 1. The van der Waals surface area contributed by atoms with Crippen LogP contribution in [0.5, 0.6) is 0 Å². The summed E-state index contributed by atoms with van der Waals surface area (Å²) in [5.41, 5.74) is 0.397. The Morgan fingerprint density at radius 3 is 2.50 bits per heavy atom. The molecule has 2 aliphatic rings. The van der Waals surface area contributed by atoms with E-state index in [1.807, 2.05) is 4.90 Å². The predicted molar refractivity (Wildman–Crippen MR) is 100 cm³/mol. The zero-order valence-corrected chi connectivity index (χ0v) is 15.9. The van der Waals surface area contributed by atoms with Crippen LogP contribution in [0.4, 0.5) is 0 Å². The highest BCUT2D eigenvalue weighted by molar-refractivity contribution is 5.81. The first kappa shape index (κ1) is 19.1. The van der Waals surface area contributed by atoms with E-state index in [0.717, 1.165) is 51.5 Å². The molecular formula is C19H36N4O. The highest BCUT2D eigenvalue weighted by Gasteiger charge is 2.31. The van der Waals surface area contributed by atoms with Crippen molar-refractivity contribution < 1.29 is 4.79 Å². The molecule has 138 valence electrons. The van der Waals surface area contributed by atoms with Crippen LogP contribution in [0.1, 0.15) is 65.7 Å². The molecule has 1 amide bonds. The molecule has 2 heterocycles. The molecule has 5 nitrogen and oxygen atoms in total. The molecule has 0 radical (unpaired) electrons. The van der Waals surface area contributed by atoms with Crippen LogP contribution in [0.3, 0.4) is 0 Å². The van der Waals surface area contributed by atoms with Gasteiger partial charge in [-0.25, -0.2) is 0 Å². The quantitative estimate of drug-likeness (QED) is 0.599. The van der Waals surface area contributed by atoms with Gasteiger partial charge in [0.05, 0.1) is 6.54 Å². The van der Waals surface area contributed by atoms with Crippen LogP contribution >= 0.6 is 0 Å². The summed E-state index contributed by atoms with van der Waals surface area (Å²) < 4.78 is 0. The number of carbonyl (C=O) groups excluding carboxylic acids is 1. The molecule has 0 aliphatic carbocycles. The van der Waals surface area contributed by atoms with Gasteiger partial charge in [0.2, 0.25) is 5.91 Å². The van der Waals surface area contributed by atoms with Crippen LogP contribution in [0.2, 0.25) is 0 Å². The van der Waals surface area contributed by atoms with Gasteiger partial charge in [-0.05, 0) is 44.4 Å². The predicted octanol–water partition coefficient (Wildman–Crippen LogP) is 2.87. The second kappa shape index (κ2) is 9.28. The zero-order chi connectivity index (χ0) is 17.4. The molecule has 2 rings (SSSR count). The lowest BCUT2D eigenvalue weighted by molar-refractivity contribution is -0.129. The molecule has 2 aliphatic heterocycles. The molecule has 0 spiro atoms. The normalized spacial score (nSPS) is 25.2. The maximum atomic E-state index is 12.2. The van der Waals surface area contributed by atoms with Crippen molar-refractivity contribution in [1.82, 2.24) is 15.1 Å². The summed E-state index contributed by atoms with van der Waals surface area (Å²) >= 11 is 0. The molecule has 1 atom stereocenters. The lowest BCUT2D eigenvalue weighted by atomic mass is 9.78. The number of guanidine groups is 1. The summed E-state index contributed by atoms with van der Waals surface area (Å²) in [4.78, 5) is 21.3. The largest absolute Gasteiger partial charge is 0.357 e. The first-order chi connectivity index (χ1) is 11.6. The number of aliphatic imine (C=N–C) groups is 1. The summed E-state index contributed by atoms with van der Waals surface area (Å²) in [6.45, 7) is 12.3. The van der Waals surface area contributed by atoms with E-state index in [0.29, 0.717) is 18.4 Å². The Hall–Kier alpha value is -1.26. The maximum absolute atomic E-state index is 12.2. The Kier molecular flexibility index (Phi) is 7.38. The van der Waals surface area contributed by atoms with E-state index in [9.17, 15) is 4.79 Å². The van der Waals surface area contributed by atoms with Crippen molar-refractivity contribution in [3.63, 3.8) is 0 Å². The SMILES string of the molecule is CCCC1(C)CCCN(C(=NCCC(=O)N2CCCC2)NCC)C1. The van der Waals surface area contributed by atoms with Crippen molar-refractivity contribution in [2.75, 3.05) is 39.3 Å². The Morgan fingerprint density at radius 2 is 1.83 bits per heavy atom. The van der Waals surface area contributed by atoms with Gasteiger partial charge in [0, 0.05) is 39.1 Å². The molecule has 2 saturated heterocycles. The smallest absolute Gasteiger partial charge is 0.224 e. The lowest BCUT2D eigenvalue weighted by Crippen LogP contribution is -2.50. The van der Waals surface area contributed by atoms with Crippen LogP contribution in [0.25, 0.3) is 0 Å². The Morgan fingerprint density at radius 1 is 1.12 bits per heavy atom. The van der Waals surface area contributed by atoms with Gasteiger partial charge in [-0.3, -0.25) is 9.79 Å². The second-order valence-corrected chi connectivity index (χ2v) is 7.66. The van der Waals surface area contributed by atoms with Crippen molar-refractivity contribution in [3.05, 3.63) is 0 Å². The number of nitrogens with zero attached hydrogens (tertiary/aromatic N) is 3. The van der Waals surface area contributed by atoms with Crippen LogP contribution in [0.15, 0.2) is 4.99 Å². The summed E-state index contributed by atoms with van der Waals surface area (Å²) in [6, 6.07) is 0. The Balaban J connectivity index is 1.90.